The Morgan fingerprint density at radius 2 is 1.62 bits per heavy atom. The fourth-order valence-corrected chi connectivity index (χ4v) is 4.51. The van der Waals surface area contributed by atoms with Crippen LogP contribution in [0.1, 0.15) is 39.5 Å². The zero-order valence-corrected chi connectivity index (χ0v) is 19.2. The summed E-state index contributed by atoms with van der Waals surface area (Å²) in [6.07, 6.45) is 1.99. The van der Waals surface area contributed by atoms with Crippen LogP contribution in [0, 0.1) is 22.7 Å². The molecule has 0 saturated heterocycles. The lowest BCUT2D eigenvalue weighted by atomic mass is 9.76. The molecule has 0 aliphatic carbocycles. The third-order valence-electron chi connectivity index (χ3n) is 6.09. The molecule has 1 atom stereocenters. The van der Waals surface area contributed by atoms with E-state index in [4.69, 9.17) is 9.47 Å². The van der Waals surface area contributed by atoms with Gasteiger partial charge in [0.2, 0.25) is 0 Å². The van der Waals surface area contributed by atoms with E-state index in [2.05, 4.69) is 12.1 Å². The number of carbonyl (C=O) groups is 1. The van der Waals surface area contributed by atoms with E-state index in [-0.39, 0.29) is 12.3 Å². The monoisotopic (exact) mass is 449 g/mol. The van der Waals surface area contributed by atoms with Gasteiger partial charge in [-0.25, -0.2) is 0 Å². The van der Waals surface area contributed by atoms with Gasteiger partial charge in [0.15, 0.2) is 17.0 Å². The van der Waals surface area contributed by atoms with Crippen LogP contribution in [0.15, 0.2) is 72.4 Å². The minimum Gasteiger partial charge on any atom is -0.493 e. The third kappa shape index (κ3) is 3.66. The molecule has 0 radical (unpaired) electrons. The molecule has 34 heavy (non-hydrogen) atoms. The summed E-state index contributed by atoms with van der Waals surface area (Å²) in [6.45, 7) is 1.81. The molecule has 0 N–H and O–H groups in total. The number of nitrogens with zero attached hydrogens (tertiary/aromatic N) is 3. The number of hydrogen-bond donors (Lipinski definition) is 0. The zero-order valence-electron chi connectivity index (χ0n) is 19.2. The van der Waals surface area contributed by atoms with Gasteiger partial charge < -0.3 is 9.47 Å². The summed E-state index contributed by atoms with van der Waals surface area (Å²) in [5.74, 6) is 0.678. The Morgan fingerprint density at radius 1 is 0.971 bits per heavy atom. The maximum absolute atomic E-state index is 13.8. The molecule has 0 bridgehead atoms. The van der Waals surface area contributed by atoms with Crippen molar-refractivity contribution in [3.8, 4) is 23.6 Å². The van der Waals surface area contributed by atoms with Crippen LogP contribution in [0.2, 0.25) is 0 Å². The molecule has 168 valence electrons. The fraction of sp³-hybridized carbons (Fsp3) is 0.179. The van der Waals surface area contributed by atoms with Crippen molar-refractivity contribution in [1.29, 1.82) is 10.5 Å². The van der Waals surface area contributed by atoms with Crippen molar-refractivity contribution in [3.05, 3.63) is 100 Å². The van der Waals surface area contributed by atoms with E-state index in [1.54, 1.807) is 49.6 Å². The lowest BCUT2D eigenvalue weighted by Gasteiger charge is -2.43. The van der Waals surface area contributed by atoms with Gasteiger partial charge >= 0.3 is 0 Å². The van der Waals surface area contributed by atoms with Gasteiger partial charge in [0.05, 0.1) is 31.9 Å². The van der Waals surface area contributed by atoms with Crippen LogP contribution in [0.4, 0.5) is 0 Å². The second-order valence-corrected chi connectivity index (χ2v) is 8.00. The fourth-order valence-electron chi connectivity index (χ4n) is 4.51. The highest BCUT2D eigenvalue weighted by molar-refractivity contribution is 5.97. The van der Waals surface area contributed by atoms with Crippen molar-refractivity contribution in [2.75, 3.05) is 14.2 Å². The predicted molar refractivity (Wildman–Crippen MR) is 128 cm³/mol. The lowest BCUT2D eigenvalue weighted by molar-refractivity contribution is 0.0666. The number of benzene rings is 3. The Hall–Kier alpha value is -4.55. The molecule has 6 nitrogen and oxygen atoms in total. The van der Waals surface area contributed by atoms with E-state index < -0.39 is 5.54 Å². The number of hydrogen-bond acceptors (Lipinski definition) is 5. The summed E-state index contributed by atoms with van der Waals surface area (Å²) < 4.78 is 11.0. The first kappa shape index (κ1) is 22.6. The molecule has 3 aromatic carbocycles. The minimum atomic E-state index is -1.42. The quantitative estimate of drug-likeness (QED) is 0.544. The Bertz CT molecular complexity index is 1370. The standard InChI is InChI=1S/C28H23N3O3/c1-19-13-23-14-25(33-2)26(34-3)15-24(23)28(18-30,16-21-11-7-8-12-22(21)17-29)31(19)27(32)20-9-5-4-6-10-20/h4-15H,16H2,1-3H3. The zero-order chi connectivity index (χ0) is 24.3. The summed E-state index contributed by atoms with van der Waals surface area (Å²) >= 11 is 0. The topological polar surface area (TPSA) is 86.3 Å². The SMILES string of the molecule is COc1cc2c(cc1OC)C(C#N)(Cc1ccccc1C#N)N(C(=O)c1ccccc1)C(C)=C2. The maximum Gasteiger partial charge on any atom is 0.259 e. The van der Waals surface area contributed by atoms with Crippen molar-refractivity contribution < 1.29 is 14.3 Å². The van der Waals surface area contributed by atoms with E-state index in [0.29, 0.717) is 39.4 Å². The first-order valence-corrected chi connectivity index (χ1v) is 10.7. The average Bonchev–Trinajstić information content (AvgIpc) is 2.88. The largest absolute Gasteiger partial charge is 0.493 e. The van der Waals surface area contributed by atoms with Gasteiger partial charge in [-0.1, -0.05) is 36.4 Å². The summed E-state index contributed by atoms with van der Waals surface area (Å²) in [4.78, 5) is 15.4. The predicted octanol–water partition coefficient (Wildman–Crippen LogP) is 5.05. The minimum absolute atomic E-state index is 0.124. The molecule has 1 unspecified atom stereocenters. The molecule has 3 aromatic rings. The van der Waals surface area contributed by atoms with Crippen molar-refractivity contribution in [2.45, 2.75) is 18.9 Å². The van der Waals surface area contributed by atoms with Gasteiger partial charge in [-0.2, -0.15) is 10.5 Å². The molecule has 1 aliphatic rings. The van der Waals surface area contributed by atoms with Crippen molar-refractivity contribution >= 4 is 12.0 Å². The van der Waals surface area contributed by atoms with E-state index in [1.807, 2.05) is 37.3 Å². The number of methoxy groups -OCH3 is 2. The highest BCUT2D eigenvalue weighted by atomic mass is 16.5. The van der Waals surface area contributed by atoms with Gasteiger partial charge in [-0.15, -0.1) is 0 Å². The van der Waals surface area contributed by atoms with Crippen LogP contribution in [-0.2, 0) is 12.0 Å². The van der Waals surface area contributed by atoms with Gasteiger partial charge in [0.1, 0.15) is 0 Å². The van der Waals surface area contributed by atoms with Crippen LogP contribution in [0.5, 0.6) is 11.5 Å². The first-order chi connectivity index (χ1) is 16.5. The first-order valence-electron chi connectivity index (χ1n) is 10.7. The van der Waals surface area contributed by atoms with Crippen LogP contribution >= 0.6 is 0 Å². The van der Waals surface area contributed by atoms with Crippen LogP contribution < -0.4 is 9.47 Å². The van der Waals surface area contributed by atoms with Gasteiger partial charge in [-0.05, 0) is 54.5 Å². The molecule has 0 aromatic heterocycles. The Labute approximate surface area is 198 Å². The number of nitriles is 2. The van der Waals surface area contributed by atoms with Crippen LogP contribution in [0.3, 0.4) is 0 Å². The summed E-state index contributed by atoms with van der Waals surface area (Å²) in [6, 6.07) is 24.2. The molecule has 0 fully saturated rings. The molecule has 6 heteroatoms. The molecule has 4 rings (SSSR count). The highest BCUT2D eigenvalue weighted by Gasteiger charge is 2.47. The van der Waals surface area contributed by atoms with E-state index in [9.17, 15) is 15.3 Å². The van der Waals surface area contributed by atoms with Crippen LogP contribution in [0.25, 0.3) is 6.08 Å². The summed E-state index contributed by atoms with van der Waals surface area (Å²) in [5, 5.41) is 20.5. The number of amides is 1. The molecule has 1 aliphatic heterocycles. The Morgan fingerprint density at radius 3 is 2.26 bits per heavy atom. The third-order valence-corrected chi connectivity index (χ3v) is 6.09. The van der Waals surface area contributed by atoms with Crippen molar-refractivity contribution in [2.24, 2.45) is 0 Å². The van der Waals surface area contributed by atoms with Gasteiger partial charge in [-0.3, -0.25) is 9.69 Å². The highest BCUT2D eigenvalue weighted by Crippen LogP contribution is 2.46. The number of allylic oxidation sites excluding steroid dienone is 1. The van der Waals surface area contributed by atoms with E-state index in [1.165, 1.54) is 12.0 Å². The molecule has 0 saturated carbocycles. The summed E-state index contributed by atoms with van der Waals surface area (Å²) in [7, 11) is 3.08. The van der Waals surface area contributed by atoms with E-state index >= 15 is 0 Å². The van der Waals surface area contributed by atoms with Gasteiger partial charge in [0, 0.05) is 23.2 Å². The molecular weight excluding hydrogens is 426 g/mol. The Kier molecular flexibility index (Phi) is 6.08. The molecular formula is C28H23N3O3. The molecule has 0 spiro atoms. The van der Waals surface area contributed by atoms with Gasteiger partial charge in [0.25, 0.3) is 5.91 Å². The second-order valence-electron chi connectivity index (χ2n) is 8.00. The number of fused-ring (bicyclic) bond motifs is 1. The van der Waals surface area contributed by atoms with Crippen molar-refractivity contribution in [3.63, 3.8) is 0 Å². The average molecular weight is 450 g/mol. The lowest BCUT2D eigenvalue weighted by Crippen LogP contribution is -2.51. The summed E-state index contributed by atoms with van der Waals surface area (Å²) in [5.41, 5.74) is 2.15. The number of carbonyl (C=O) groups excluding carboxylic acids is 1. The van der Waals surface area contributed by atoms with Crippen LogP contribution in [-0.4, -0.2) is 25.0 Å². The second kappa shape index (κ2) is 9.13. The normalized spacial score (nSPS) is 16.5. The molecule has 1 amide bonds. The molecule has 1 heterocycles. The maximum atomic E-state index is 13.8. The smallest absolute Gasteiger partial charge is 0.259 e. The number of rotatable bonds is 5. The van der Waals surface area contributed by atoms with Crippen molar-refractivity contribution in [1.82, 2.24) is 4.90 Å². The Balaban J connectivity index is 2.01. The van der Waals surface area contributed by atoms with E-state index in [0.717, 1.165) is 5.56 Å². The number of ether oxygens (including phenoxy) is 2.